The number of piperidine rings is 1. The van der Waals surface area contributed by atoms with E-state index in [2.05, 4.69) is 36.0 Å². The number of alkyl carbamates (subject to hydrolysis) is 1. The molecule has 0 atom stereocenters. The van der Waals surface area contributed by atoms with Crippen LogP contribution in [0.5, 0.6) is 0 Å². The number of ether oxygens (including phenoxy) is 1. The molecule has 1 saturated heterocycles. The minimum atomic E-state index is -0.556. The molecule has 3 heterocycles. The molecular formula is C27H38FN10O2+. The first-order valence-electron chi connectivity index (χ1n) is 13.4. The summed E-state index contributed by atoms with van der Waals surface area (Å²) in [4.78, 5) is 18.9. The molecule has 12 nitrogen and oxygen atoms in total. The molecule has 1 fully saturated rings. The number of anilines is 2. The number of rotatable bonds is 8. The van der Waals surface area contributed by atoms with E-state index in [-0.39, 0.29) is 29.6 Å². The highest BCUT2D eigenvalue weighted by molar-refractivity contribution is 5.98. The molecule has 40 heavy (non-hydrogen) atoms. The van der Waals surface area contributed by atoms with Crippen molar-refractivity contribution in [3.63, 3.8) is 0 Å². The number of benzene rings is 1. The Morgan fingerprint density at radius 1 is 1.27 bits per heavy atom. The Labute approximate surface area is 232 Å². The molecular weight excluding hydrogens is 515 g/mol. The predicted octanol–water partition coefficient (Wildman–Crippen LogP) is 3.77. The highest BCUT2D eigenvalue weighted by Crippen LogP contribution is 2.26. The molecule has 0 saturated carbocycles. The number of nitrogens with zero attached hydrogens (tertiary/aromatic N) is 6. The number of nitrogens with one attached hydrogen (secondary N) is 3. The van der Waals surface area contributed by atoms with Gasteiger partial charge in [-0.3, -0.25) is 10.3 Å². The van der Waals surface area contributed by atoms with Crippen molar-refractivity contribution in [1.29, 1.82) is 5.41 Å². The van der Waals surface area contributed by atoms with Crippen molar-refractivity contribution in [3.05, 3.63) is 53.7 Å². The normalized spacial score (nSPS) is 15.2. The first kappa shape index (κ1) is 29.0. The molecule has 2 aromatic heterocycles. The SMILES string of the molecule is CC(C)[NH2+]N=NC(=N)c1cc(Nc2ncnn3ccc(CN4CCC(NC(=O)OC(C)(C)C)CC4)c23)ccc1F. The molecule has 0 aliphatic carbocycles. The van der Waals surface area contributed by atoms with Gasteiger partial charge in [0.1, 0.15) is 29.3 Å². The molecule has 214 valence electrons. The van der Waals surface area contributed by atoms with E-state index < -0.39 is 11.4 Å². The van der Waals surface area contributed by atoms with Crippen LogP contribution < -0.4 is 16.1 Å². The van der Waals surface area contributed by atoms with Crippen molar-refractivity contribution in [2.45, 2.75) is 71.7 Å². The number of fused-ring (bicyclic) bond motifs is 1. The van der Waals surface area contributed by atoms with Crippen molar-refractivity contribution >= 4 is 29.0 Å². The van der Waals surface area contributed by atoms with Gasteiger partial charge in [0.05, 0.1) is 5.56 Å². The van der Waals surface area contributed by atoms with E-state index in [1.54, 1.807) is 16.0 Å². The van der Waals surface area contributed by atoms with Gasteiger partial charge in [-0.2, -0.15) is 10.5 Å². The van der Waals surface area contributed by atoms with Gasteiger partial charge in [0.15, 0.2) is 11.7 Å². The van der Waals surface area contributed by atoms with E-state index >= 15 is 0 Å². The van der Waals surface area contributed by atoms with E-state index in [9.17, 15) is 9.18 Å². The number of aromatic nitrogens is 3. The fourth-order valence-electron chi connectivity index (χ4n) is 4.39. The maximum absolute atomic E-state index is 14.5. The molecule has 0 bridgehead atoms. The zero-order valence-corrected chi connectivity index (χ0v) is 23.6. The molecule has 0 unspecified atom stereocenters. The summed E-state index contributed by atoms with van der Waals surface area (Å²) < 4.78 is 21.6. The number of carbonyl (C=O) groups excluding carboxylic acids is 1. The number of likely N-dealkylation sites (tertiary alicyclic amines) is 1. The number of hydrogen-bond acceptors (Lipinski definition) is 8. The third-order valence-electron chi connectivity index (χ3n) is 6.25. The van der Waals surface area contributed by atoms with Crippen LogP contribution >= 0.6 is 0 Å². The van der Waals surface area contributed by atoms with Crippen molar-refractivity contribution in [2.75, 3.05) is 18.4 Å². The summed E-state index contributed by atoms with van der Waals surface area (Å²) in [7, 11) is 0. The van der Waals surface area contributed by atoms with E-state index in [0.29, 0.717) is 18.1 Å². The van der Waals surface area contributed by atoms with Crippen LogP contribution in [0, 0.1) is 11.2 Å². The zero-order chi connectivity index (χ0) is 28.9. The number of amidine groups is 1. The molecule has 1 aromatic carbocycles. The van der Waals surface area contributed by atoms with Crippen molar-refractivity contribution < 1.29 is 19.3 Å². The Kier molecular flexibility index (Phi) is 9.05. The summed E-state index contributed by atoms with van der Waals surface area (Å²) >= 11 is 0. The summed E-state index contributed by atoms with van der Waals surface area (Å²) in [6.07, 6.45) is 4.60. The largest absolute Gasteiger partial charge is 0.444 e. The van der Waals surface area contributed by atoms with Gasteiger partial charge in [-0.05, 0) is 77.3 Å². The maximum atomic E-state index is 14.5. The molecule has 13 heteroatoms. The summed E-state index contributed by atoms with van der Waals surface area (Å²) in [5, 5.41) is 26.4. The molecule has 1 amide bonds. The summed E-state index contributed by atoms with van der Waals surface area (Å²) in [6.45, 7) is 11.8. The highest BCUT2D eigenvalue weighted by atomic mass is 19.1. The van der Waals surface area contributed by atoms with Gasteiger partial charge in [0, 0.05) is 42.8 Å². The van der Waals surface area contributed by atoms with Gasteiger partial charge in [0.2, 0.25) is 0 Å². The summed E-state index contributed by atoms with van der Waals surface area (Å²) in [5.74, 6) is -0.256. The number of hydrogen-bond donors (Lipinski definition) is 4. The fourth-order valence-corrected chi connectivity index (χ4v) is 4.39. The van der Waals surface area contributed by atoms with E-state index in [0.717, 1.165) is 37.0 Å². The van der Waals surface area contributed by atoms with Crippen LogP contribution in [0.15, 0.2) is 47.1 Å². The first-order valence-corrected chi connectivity index (χ1v) is 13.4. The average molecular weight is 554 g/mol. The quantitative estimate of drug-likeness (QED) is 0.110. The predicted molar refractivity (Wildman–Crippen MR) is 149 cm³/mol. The maximum Gasteiger partial charge on any atom is 0.407 e. The van der Waals surface area contributed by atoms with Crippen molar-refractivity contribution in [1.82, 2.24) is 24.8 Å². The van der Waals surface area contributed by atoms with Crippen LogP contribution in [0.3, 0.4) is 0 Å². The topological polar surface area (TPSA) is 149 Å². The molecule has 1 aliphatic heterocycles. The van der Waals surface area contributed by atoms with Crippen molar-refractivity contribution in [2.24, 2.45) is 10.3 Å². The van der Waals surface area contributed by atoms with E-state index in [1.807, 2.05) is 46.9 Å². The minimum absolute atomic E-state index is 0.0365. The Balaban J connectivity index is 1.44. The third kappa shape index (κ3) is 7.79. The van der Waals surface area contributed by atoms with E-state index in [1.165, 1.54) is 18.5 Å². The number of amides is 1. The van der Waals surface area contributed by atoms with Gasteiger partial charge in [0.25, 0.3) is 0 Å². The third-order valence-corrected chi connectivity index (χ3v) is 6.25. The second-order valence-electron chi connectivity index (χ2n) is 11.2. The minimum Gasteiger partial charge on any atom is -0.444 e. The fraction of sp³-hybridized carbons (Fsp3) is 0.481. The highest BCUT2D eigenvalue weighted by Gasteiger charge is 2.24. The summed E-state index contributed by atoms with van der Waals surface area (Å²) in [6, 6.07) is 6.67. The van der Waals surface area contributed by atoms with E-state index in [4.69, 9.17) is 10.1 Å². The van der Waals surface area contributed by atoms with Crippen LogP contribution in [0.25, 0.3) is 5.52 Å². The number of halogens is 1. The van der Waals surface area contributed by atoms with Crippen LogP contribution in [-0.2, 0) is 11.3 Å². The van der Waals surface area contributed by atoms with Gasteiger partial charge in [-0.15, -0.1) is 0 Å². The van der Waals surface area contributed by atoms with Crippen molar-refractivity contribution in [3.8, 4) is 0 Å². The Hall–Kier alpha value is -3.97. The van der Waals surface area contributed by atoms with Gasteiger partial charge in [-0.25, -0.2) is 18.7 Å². The van der Waals surface area contributed by atoms with Crippen LogP contribution in [0.1, 0.15) is 58.6 Å². The lowest BCUT2D eigenvalue weighted by Gasteiger charge is -2.32. The molecule has 3 aromatic rings. The number of carbonyl (C=O) groups is 1. The monoisotopic (exact) mass is 553 g/mol. The Bertz CT molecular complexity index is 1370. The smallest absolute Gasteiger partial charge is 0.407 e. The zero-order valence-electron chi connectivity index (χ0n) is 23.6. The van der Waals surface area contributed by atoms with Gasteiger partial charge < -0.3 is 15.4 Å². The number of quaternary nitrogens is 1. The first-order chi connectivity index (χ1) is 19.0. The van der Waals surface area contributed by atoms with Crippen LogP contribution in [0.4, 0.5) is 20.7 Å². The van der Waals surface area contributed by atoms with Crippen LogP contribution in [-0.4, -0.2) is 62.2 Å². The molecule has 5 N–H and O–H groups in total. The molecule has 4 rings (SSSR count). The second kappa shape index (κ2) is 12.5. The van der Waals surface area contributed by atoms with Crippen LogP contribution in [0.2, 0.25) is 0 Å². The Morgan fingerprint density at radius 3 is 2.73 bits per heavy atom. The van der Waals surface area contributed by atoms with Gasteiger partial charge in [-0.1, -0.05) is 5.11 Å². The molecule has 0 radical (unpaired) electrons. The second-order valence-corrected chi connectivity index (χ2v) is 11.2. The van der Waals surface area contributed by atoms with Gasteiger partial charge >= 0.3 is 6.09 Å². The average Bonchev–Trinajstić information content (AvgIpc) is 3.28. The molecule has 1 aliphatic rings. The number of nitrogens with two attached hydrogens (primary N) is 1. The molecule has 0 spiro atoms. The lowest BCUT2D eigenvalue weighted by molar-refractivity contribution is -0.695. The lowest BCUT2D eigenvalue weighted by atomic mass is 10.0. The lowest BCUT2D eigenvalue weighted by Crippen LogP contribution is -2.82. The standard InChI is InChI=1S/C27H37FN10O2/c1-17(2)34-36-35-24(29)21-14-20(6-7-22(21)28)32-25-23-18(8-13-38(23)31-16-30-25)15-37-11-9-19(10-12-37)33-26(39)40-27(3,4)5/h6-8,13-14,16-17,19H,9-12,15H2,1-5H3,(H,33,39)(H2,29,34,35)(H,30,31,32)/p+1. The summed E-state index contributed by atoms with van der Waals surface area (Å²) in [5.41, 5.74) is 3.52. The Morgan fingerprint density at radius 2 is 2.02 bits per heavy atom.